The average Bonchev–Trinajstić information content (AvgIpc) is 3.46. The Morgan fingerprint density at radius 1 is 0.951 bits per heavy atom. The molecule has 2 aromatic heterocycles. The first-order valence-electron chi connectivity index (χ1n) is 12.9. The molecule has 0 saturated heterocycles. The summed E-state index contributed by atoms with van der Waals surface area (Å²) in [6.07, 6.45) is 3.80. The Bertz CT molecular complexity index is 1790. The number of benzene rings is 3. The van der Waals surface area contributed by atoms with Crippen molar-refractivity contribution in [3.8, 4) is 0 Å². The van der Waals surface area contributed by atoms with E-state index in [1.807, 2.05) is 6.07 Å². The van der Waals surface area contributed by atoms with E-state index in [4.69, 9.17) is 0 Å². The number of carbonyl (C=O) groups excluding carboxylic acids is 1. The summed E-state index contributed by atoms with van der Waals surface area (Å²) in [7, 11) is -4.29. The van der Waals surface area contributed by atoms with Crippen LogP contribution in [-0.4, -0.2) is 59.2 Å². The fourth-order valence-corrected chi connectivity index (χ4v) is 6.09. The molecule has 0 saturated carbocycles. The number of nitrogens with one attached hydrogen (secondary N) is 4. The van der Waals surface area contributed by atoms with Crippen LogP contribution in [0.1, 0.15) is 23.2 Å². The summed E-state index contributed by atoms with van der Waals surface area (Å²) in [5.41, 5.74) is 1.03. The number of H-pyrrole nitrogens is 1. The molecule has 5 N–H and O–H groups in total. The third-order valence-electron chi connectivity index (χ3n) is 6.67. The number of aromatic amines is 1. The largest absolute Gasteiger partial charge is 0.480 e. The molecule has 0 bridgehead atoms. The Morgan fingerprint density at radius 2 is 1.76 bits per heavy atom. The van der Waals surface area contributed by atoms with E-state index in [9.17, 15) is 23.1 Å². The summed E-state index contributed by atoms with van der Waals surface area (Å²) in [6.45, 7) is 0.423. The van der Waals surface area contributed by atoms with Gasteiger partial charge in [0, 0.05) is 29.1 Å². The van der Waals surface area contributed by atoms with E-state index in [0.717, 1.165) is 5.52 Å². The van der Waals surface area contributed by atoms with Crippen LogP contribution in [0.2, 0.25) is 0 Å². The van der Waals surface area contributed by atoms with Gasteiger partial charge in [-0.2, -0.15) is 9.82 Å². The van der Waals surface area contributed by atoms with Gasteiger partial charge in [0.15, 0.2) is 0 Å². The number of nitrogens with zero attached hydrogens (tertiary/aromatic N) is 2. The van der Waals surface area contributed by atoms with Gasteiger partial charge >= 0.3 is 5.97 Å². The molecule has 2 heterocycles. The summed E-state index contributed by atoms with van der Waals surface area (Å²) in [5.74, 6) is -1.30. The average molecular weight is 573 g/mol. The minimum absolute atomic E-state index is 0.0471. The molecule has 12 heteroatoms. The Hall–Kier alpha value is -4.81. The van der Waals surface area contributed by atoms with Gasteiger partial charge in [-0.1, -0.05) is 42.5 Å². The van der Waals surface area contributed by atoms with Gasteiger partial charge in [0.2, 0.25) is 10.0 Å². The zero-order chi connectivity index (χ0) is 28.8. The van der Waals surface area contributed by atoms with Crippen molar-refractivity contribution in [2.45, 2.75) is 29.8 Å². The van der Waals surface area contributed by atoms with Crippen molar-refractivity contribution < 1.29 is 23.1 Å². The number of pyridine rings is 1. The molecule has 1 amide bonds. The minimum atomic E-state index is -4.29. The number of rotatable bonds is 12. The van der Waals surface area contributed by atoms with Crippen molar-refractivity contribution in [2.75, 3.05) is 11.9 Å². The zero-order valence-corrected chi connectivity index (χ0v) is 22.6. The molecule has 0 spiro atoms. The van der Waals surface area contributed by atoms with Gasteiger partial charge in [0.05, 0.1) is 22.7 Å². The molecule has 210 valence electrons. The molecule has 0 aliphatic heterocycles. The zero-order valence-electron chi connectivity index (χ0n) is 21.8. The van der Waals surface area contributed by atoms with Crippen molar-refractivity contribution in [1.82, 2.24) is 25.2 Å². The van der Waals surface area contributed by atoms with E-state index < -0.39 is 34.0 Å². The van der Waals surface area contributed by atoms with Gasteiger partial charge in [0.1, 0.15) is 11.9 Å². The van der Waals surface area contributed by atoms with Crippen molar-refractivity contribution in [2.24, 2.45) is 0 Å². The number of aliphatic carboxylic acids is 1. The minimum Gasteiger partial charge on any atom is -0.480 e. The predicted octanol–water partition coefficient (Wildman–Crippen LogP) is 3.53. The van der Waals surface area contributed by atoms with Gasteiger partial charge in [0.25, 0.3) is 5.91 Å². The van der Waals surface area contributed by atoms with Crippen LogP contribution in [0.4, 0.5) is 5.82 Å². The van der Waals surface area contributed by atoms with Gasteiger partial charge in [-0.25, -0.2) is 13.4 Å². The number of anilines is 1. The molecule has 0 aliphatic carbocycles. The molecule has 3 aromatic carbocycles. The third-order valence-corrected chi connectivity index (χ3v) is 8.17. The summed E-state index contributed by atoms with van der Waals surface area (Å²) in [5, 5.41) is 24.7. The lowest BCUT2D eigenvalue weighted by Gasteiger charge is -2.26. The highest BCUT2D eigenvalue weighted by atomic mass is 32.2. The maximum Gasteiger partial charge on any atom is 0.323 e. The first-order valence-corrected chi connectivity index (χ1v) is 14.4. The highest BCUT2D eigenvalue weighted by Crippen LogP contribution is 2.23. The number of fused-ring (bicyclic) bond motifs is 2. The van der Waals surface area contributed by atoms with Crippen LogP contribution in [0.25, 0.3) is 21.7 Å². The van der Waals surface area contributed by atoms with Crippen LogP contribution in [0.5, 0.6) is 0 Å². The van der Waals surface area contributed by atoms with Gasteiger partial charge in [-0.3, -0.25) is 14.7 Å². The summed E-state index contributed by atoms with van der Waals surface area (Å²) in [6, 6.07) is 19.3. The molecular formula is C29H28N6O5S. The lowest BCUT2D eigenvalue weighted by molar-refractivity contribution is -0.139. The Morgan fingerprint density at radius 3 is 2.56 bits per heavy atom. The maximum absolute atomic E-state index is 13.5. The number of carboxylic acids is 1. The molecule has 5 rings (SSSR count). The van der Waals surface area contributed by atoms with E-state index in [1.54, 1.807) is 79.1 Å². The SMILES string of the molecule is O=C(NC(CCCNc1ccccn1)C(NS(=O)(=O)c1cccc2ccccc12)C(=O)O)c1ccc2[nH]ncc2c1. The lowest BCUT2D eigenvalue weighted by atomic mass is 10.0. The summed E-state index contributed by atoms with van der Waals surface area (Å²) >= 11 is 0. The Kier molecular flexibility index (Phi) is 8.22. The van der Waals surface area contributed by atoms with E-state index in [1.165, 1.54) is 6.07 Å². The fourth-order valence-electron chi connectivity index (χ4n) is 4.63. The molecule has 0 radical (unpaired) electrons. The van der Waals surface area contributed by atoms with Crippen molar-refractivity contribution >= 4 is 49.4 Å². The second kappa shape index (κ2) is 12.1. The van der Waals surface area contributed by atoms with Crippen molar-refractivity contribution in [1.29, 1.82) is 0 Å². The topological polar surface area (TPSA) is 166 Å². The van der Waals surface area contributed by atoms with Crippen LogP contribution in [0, 0.1) is 0 Å². The normalized spacial score (nSPS) is 13.1. The number of carbonyl (C=O) groups is 2. The van der Waals surface area contributed by atoms with Gasteiger partial charge in [-0.15, -0.1) is 0 Å². The van der Waals surface area contributed by atoms with Crippen LogP contribution in [0.3, 0.4) is 0 Å². The monoisotopic (exact) mass is 572 g/mol. The van der Waals surface area contributed by atoms with Crippen LogP contribution in [-0.2, 0) is 14.8 Å². The van der Waals surface area contributed by atoms with E-state index in [0.29, 0.717) is 34.9 Å². The number of hydrogen-bond donors (Lipinski definition) is 5. The fraction of sp³-hybridized carbons (Fsp3) is 0.172. The molecule has 41 heavy (non-hydrogen) atoms. The quantitative estimate of drug-likeness (QED) is 0.142. The molecule has 2 unspecified atom stereocenters. The highest BCUT2D eigenvalue weighted by molar-refractivity contribution is 7.89. The van der Waals surface area contributed by atoms with Crippen LogP contribution in [0.15, 0.2) is 96.2 Å². The molecule has 0 aliphatic rings. The number of hydrogen-bond acceptors (Lipinski definition) is 7. The standard InChI is InChI=1S/C29H28N6O5S/c36-28(20-13-14-23-21(17-20)18-32-34-23)33-24(10-6-16-31-26-12-3-4-15-30-26)27(29(37)38)35-41(39,40)25-11-5-8-19-7-1-2-9-22(19)25/h1-5,7-9,11-15,17-18,24,27,35H,6,10,16H2,(H,30,31)(H,32,34)(H,33,36)(H,37,38). The number of aromatic nitrogens is 3. The second-order valence-electron chi connectivity index (χ2n) is 9.45. The smallest absolute Gasteiger partial charge is 0.323 e. The van der Waals surface area contributed by atoms with Crippen LogP contribution < -0.4 is 15.4 Å². The molecule has 5 aromatic rings. The molecule has 0 fully saturated rings. The molecule has 2 atom stereocenters. The van der Waals surface area contributed by atoms with E-state index >= 15 is 0 Å². The summed E-state index contributed by atoms with van der Waals surface area (Å²) in [4.78, 5) is 29.9. The Labute approximate surface area is 236 Å². The second-order valence-corrected chi connectivity index (χ2v) is 11.1. The third kappa shape index (κ3) is 6.51. The molecule has 11 nitrogen and oxygen atoms in total. The molecular weight excluding hydrogens is 544 g/mol. The van der Waals surface area contributed by atoms with Crippen molar-refractivity contribution in [3.63, 3.8) is 0 Å². The van der Waals surface area contributed by atoms with E-state index in [2.05, 4.69) is 30.5 Å². The number of sulfonamides is 1. The highest BCUT2D eigenvalue weighted by Gasteiger charge is 2.34. The van der Waals surface area contributed by atoms with Gasteiger partial charge in [-0.05, 0) is 54.6 Å². The van der Waals surface area contributed by atoms with Gasteiger partial charge < -0.3 is 15.7 Å². The van der Waals surface area contributed by atoms with Crippen LogP contribution >= 0.6 is 0 Å². The number of amides is 1. The predicted molar refractivity (Wildman–Crippen MR) is 155 cm³/mol. The number of carboxylic acid groups (broad SMARTS) is 1. The van der Waals surface area contributed by atoms with E-state index in [-0.39, 0.29) is 16.9 Å². The summed E-state index contributed by atoms with van der Waals surface area (Å²) < 4.78 is 29.4. The lowest BCUT2D eigenvalue weighted by Crippen LogP contribution is -2.55. The first-order chi connectivity index (χ1) is 19.8. The Balaban J connectivity index is 1.40. The first kappa shape index (κ1) is 27.7. The van der Waals surface area contributed by atoms with Crippen molar-refractivity contribution in [3.05, 3.63) is 96.8 Å². The maximum atomic E-state index is 13.5.